The summed E-state index contributed by atoms with van der Waals surface area (Å²) in [7, 11) is 0. The zero-order valence-corrected chi connectivity index (χ0v) is 21.5. The number of thiazole rings is 1. The van der Waals surface area contributed by atoms with Crippen LogP contribution in [-0.4, -0.2) is 28.4 Å². The van der Waals surface area contributed by atoms with Crippen LogP contribution in [0, 0.1) is 13.8 Å². The zero-order valence-electron chi connectivity index (χ0n) is 19.9. The van der Waals surface area contributed by atoms with E-state index < -0.39 is 17.7 Å². The van der Waals surface area contributed by atoms with Crippen LogP contribution >= 0.6 is 22.9 Å². The second kappa shape index (κ2) is 9.41. The number of carbonyl (C=O) groups excluding carboxylic acids is 2. The minimum Gasteiger partial charge on any atom is -0.507 e. The highest BCUT2D eigenvalue weighted by Crippen LogP contribution is 2.45. The maximum absolute atomic E-state index is 13.4. The minimum absolute atomic E-state index is 0.00126. The van der Waals surface area contributed by atoms with Crippen LogP contribution in [0.25, 0.3) is 16.0 Å². The van der Waals surface area contributed by atoms with E-state index in [2.05, 4.69) is 0 Å². The molecule has 5 rings (SSSR count). The third-order valence-electron chi connectivity index (χ3n) is 6.09. The van der Waals surface area contributed by atoms with Crippen LogP contribution in [0.2, 0.25) is 5.02 Å². The van der Waals surface area contributed by atoms with Crippen molar-refractivity contribution in [2.75, 3.05) is 11.5 Å². The highest BCUT2D eigenvalue weighted by Gasteiger charge is 2.48. The van der Waals surface area contributed by atoms with Crippen molar-refractivity contribution in [3.63, 3.8) is 0 Å². The fourth-order valence-corrected chi connectivity index (χ4v) is 5.78. The lowest BCUT2D eigenvalue weighted by Gasteiger charge is -2.23. The Balaban J connectivity index is 1.69. The van der Waals surface area contributed by atoms with Gasteiger partial charge in [-0.25, -0.2) is 4.98 Å². The number of carbonyl (C=O) groups is 2. The van der Waals surface area contributed by atoms with Gasteiger partial charge in [-0.2, -0.15) is 0 Å². The average molecular weight is 519 g/mol. The lowest BCUT2D eigenvalue weighted by Crippen LogP contribution is -2.29. The van der Waals surface area contributed by atoms with Crippen molar-refractivity contribution < 1.29 is 19.4 Å². The molecule has 0 radical (unpaired) electrons. The van der Waals surface area contributed by atoms with Gasteiger partial charge in [0.2, 0.25) is 0 Å². The first-order chi connectivity index (χ1) is 17.3. The van der Waals surface area contributed by atoms with E-state index in [1.54, 1.807) is 48.5 Å². The van der Waals surface area contributed by atoms with E-state index in [0.29, 0.717) is 33.6 Å². The summed E-state index contributed by atoms with van der Waals surface area (Å²) in [4.78, 5) is 32.9. The number of Topliss-reactive ketones (excluding diaryl/α,β-unsaturated/α-hetero) is 1. The summed E-state index contributed by atoms with van der Waals surface area (Å²) in [6.07, 6.45) is 0. The third-order valence-corrected chi connectivity index (χ3v) is 7.35. The topological polar surface area (TPSA) is 79.7 Å². The number of amides is 1. The van der Waals surface area contributed by atoms with Crippen LogP contribution in [0.5, 0.6) is 5.75 Å². The molecule has 1 N–H and O–H groups in total. The van der Waals surface area contributed by atoms with Gasteiger partial charge < -0.3 is 9.84 Å². The molecule has 1 amide bonds. The molecule has 36 heavy (non-hydrogen) atoms. The van der Waals surface area contributed by atoms with E-state index in [1.165, 1.54) is 16.2 Å². The van der Waals surface area contributed by atoms with Crippen molar-refractivity contribution in [3.05, 3.63) is 93.5 Å². The Bertz CT molecular complexity index is 1520. The van der Waals surface area contributed by atoms with Crippen LogP contribution < -0.4 is 9.64 Å². The number of aliphatic hydroxyl groups is 1. The normalized spacial score (nSPS) is 17.2. The maximum Gasteiger partial charge on any atom is 0.301 e. The molecule has 0 saturated carbocycles. The molecule has 0 aliphatic carbocycles. The second-order valence-electron chi connectivity index (χ2n) is 8.60. The average Bonchev–Trinajstić information content (AvgIpc) is 3.38. The molecule has 2 heterocycles. The molecule has 1 fully saturated rings. The maximum atomic E-state index is 13.4. The van der Waals surface area contributed by atoms with Gasteiger partial charge in [0.25, 0.3) is 5.78 Å². The molecular weight excluding hydrogens is 496 g/mol. The van der Waals surface area contributed by atoms with Gasteiger partial charge in [-0.15, -0.1) is 0 Å². The van der Waals surface area contributed by atoms with Crippen LogP contribution in [0.4, 0.5) is 5.13 Å². The van der Waals surface area contributed by atoms with Crippen LogP contribution in [0.3, 0.4) is 0 Å². The summed E-state index contributed by atoms with van der Waals surface area (Å²) >= 11 is 7.46. The number of ketones is 1. The molecule has 6 nitrogen and oxygen atoms in total. The van der Waals surface area contributed by atoms with E-state index in [0.717, 1.165) is 21.3 Å². The molecular formula is C28H23ClN2O4S. The van der Waals surface area contributed by atoms with Crippen molar-refractivity contribution in [2.24, 2.45) is 0 Å². The van der Waals surface area contributed by atoms with Gasteiger partial charge >= 0.3 is 5.91 Å². The molecule has 1 saturated heterocycles. The Morgan fingerprint density at radius 3 is 2.44 bits per heavy atom. The third kappa shape index (κ3) is 4.14. The number of aryl methyl sites for hydroxylation is 2. The standard InChI is InChI=1S/C28H23ClN2O4S/c1-4-35-20-11-7-18(8-12-20)25(32)22-24(17-5-9-19(29)10-6-17)31(27(34)26(22)33)28-30-23-16(3)13-15(2)14-21(23)36-28/h5-14,24,32H,4H2,1-3H3. The van der Waals surface area contributed by atoms with Gasteiger partial charge in [0, 0.05) is 10.6 Å². The van der Waals surface area contributed by atoms with Gasteiger partial charge in [-0.05, 0) is 79.9 Å². The number of aliphatic hydroxyl groups excluding tert-OH is 1. The minimum atomic E-state index is -0.865. The summed E-state index contributed by atoms with van der Waals surface area (Å²) < 4.78 is 6.40. The van der Waals surface area contributed by atoms with E-state index in [4.69, 9.17) is 21.3 Å². The molecule has 182 valence electrons. The van der Waals surface area contributed by atoms with E-state index in [1.807, 2.05) is 32.9 Å². The summed E-state index contributed by atoms with van der Waals surface area (Å²) in [6.45, 7) is 6.36. The number of benzene rings is 3. The van der Waals surface area contributed by atoms with Gasteiger partial charge in [0.05, 0.1) is 28.4 Å². The quantitative estimate of drug-likeness (QED) is 0.183. The van der Waals surface area contributed by atoms with E-state index >= 15 is 0 Å². The summed E-state index contributed by atoms with van der Waals surface area (Å²) in [5.74, 6) is -1.12. The van der Waals surface area contributed by atoms with Crippen LogP contribution in [-0.2, 0) is 9.59 Å². The van der Waals surface area contributed by atoms with E-state index in [-0.39, 0.29) is 11.3 Å². The van der Waals surface area contributed by atoms with Gasteiger partial charge in [0.1, 0.15) is 11.5 Å². The highest BCUT2D eigenvalue weighted by molar-refractivity contribution is 7.22. The number of anilines is 1. The number of aromatic nitrogens is 1. The number of ether oxygens (including phenoxy) is 1. The molecule has 8 heteroatoms. The lowest BCUT2D eigenvalue weighted by molar-refractivity contribution is -0.132. The Hall–Kier alpha value is -3.68. The Kier molecular flexibility index (Phi) is 6.28. The summed E-state index contributed by atoms with van der Waals surface area (Å²) in [6, 6.07) is 16.8. The van der Waals surface area contributed by atoms with Crippen LogP contribution in [0.1, 0.15) is 35.2 Å². The monoisotopic (exact) mass is 518 g/mol. The molecule has 1 aliphatic heterocycles. The van der Waals surface area contributed by atoms with Crippen molar-refractivity contribution >= 4 is 55.7 Å². The smallest absolute Gasteiger partial charge is 0.301 e. The molecule has 1 aliphatic rings. The van der Waals surface area contributed by atoms with Gasteiger partial charge in [-0.3, -0.25) is 14.5 Å². The lowest BCUT2D eigenvalue weighted by atomic mass is 9.95. The molecule has 1 atom stereocenters. The number of rotatable bonds is 5. The van der Waals surface area contributed by atoms with Crippen molar-refractivity contribution in [1.82, 2.24) is 4.98 Å². The van der Waals surface area contributed by atoms with Crippen LogP contribution in [0.15, 0.2) is 66.2 Å². The Morgan fingerprint density at radius 2 is 1.78 bits per heavy atom. The predicted octanol–water partition coefficient (Wildman–Crippen LogP) is 6.59. The van der Waals surface area contributed by atoms with Crippen molar-refractivity contribution in [1.29, 1.82) is 0 Å². The first kappa shape index (κ1) is 24.0. The number of fused-ring (bicyclic) bond motifs is 1. The Labute approximate surface area is 217 Å². The van der Waals surface area contributed by atoms with Gasteiger partial charge in [-0.1, -0.05) is 41.1 Å². The van der Waals surface area contributed by atoms with Gasteiger partial charge in [0.15, 0.2) is 5.13 Å². The summed E-state index contributed by atoms with van der Waals surface area (Å²) in [5.41, 5.74) is 3.90. The molecule has 0 bridgehead atoms. The second-order valence-corrected chi connectivity index (χ2v) is 10.0. The highest BCUT2D eigenvalue weighted by atomic mass is 35.5. The first-order valence-corrected chi connectivity index (χ1v) is 12.7. The molecule has 3 aromatic carbocycles. The number of nitrogens with zero attached hydrogens (tertiary/aromatic N) is 2. The number of hydrogen-bond donors (Lipinski definition) is 1. The van der Waals surface area contributed by atoms with E-state index in [9.17, 15) is 14.7 Å². The zero-order chi connectivity index (χ0) is 25.6. The number of halogens is 1. The molecule has 1 unspecified atom stereocenters. The van der Waals surface area contributed by atoms with Crippen molar-refractivity contribution in [3.8, 4) is 5.75 Å². The van der Waals surface area contributed by atoms with Crippen molar-refractivity contribution in [2.45, 2.75) is 26.8 Å². The fourth-order valence-electron chi connectivity index (χ4n) is 4.48. The molecule has 0 spiro atoms. The molecule has 4 aromatic rings. The number of hydrogen-bond acceptors (Lipinski definition) is 6. The fraction of sp³-hybridized carbons (Fsp3) is 0.179. The Morgan fingerprint density at radius 1 is 1.08 bits per heavy atom. The first-order valence-electron chi connectivity index (χ1n) is 11.5. The predicted molar refractivity (Wildman–Crippen MR) is 143 cm³/mol. The SMILES string of the molecule is CCOc1ccc(C(O)=C2C(=O)C(=O)N(c3nc4c(C)cc(C)cc4s3)C2c2ccc(Cl)cc2)cc1. The summed E-state index contributed by atoms with van der Waals surface area (Å²) in [5, 5.41) is 12.2. The molecule has 1 aromatic heterocycles. The largest absolute Gasteiger partial charge is 0.507 e.